The number of carbonyl (C=O) groups is 1. The molecule has 0 aromatic heterocycles. The fourth-order valence-electron chi connectivity index (χ4n) is 3.93. The maximum atomic E-state index is 12.0. The molecule has 5 atom stereocenters. The summed E-state index contributed by atoms with van der Waals surface area (Å²) in [5.41, 5.74) is 0.949. The van der Waals surface area contributed by atoms with Gasteiger partial charge in [0, 0.05) is 23.6 Å². The van der Waals surface area contributed by atoms with E-state index in [9.17, 15) is 20.1 Å². The smallest absolute Gasteiger partial charge is 0.222 e. The molecule has 0 spiro atoms. The Bertz CT molecular complexity index is 677. The molecule has 1 saturated carbocycles. The lowest BCUT2D eigenvalue weighted by Crippen LogP contribution is -2.64. The van der Waals surface area contributed by atoms with Gasteiger partial charge in [-0.1, -0.05) is 28.0 Å². The average Bonchev–Trinajstić information content (AvgIpc) is 2.89. The predicted octanol–water partition coefficient (Wildman–Crippen LogP) is 0.340. The first-order valence-electron chi connectivity index (χ1n) is 13.7. The SMILES string of the molecule is N=C(CCCSSCCOCCOCCOCCOCCC(=O)NC1C(O)OC(CO)C(O)C1O)C1CCC1. The lowest BCUT2D eigenvalue weighted by atomic mass is 9.80. The molecule has 228 valence electrons. The van der Waals surface area contributed by atoms with E-state index >= 15 is 0 Å². The van der Waals surface area contributed by atoms with Crippen LogP contribution in [0.5, 0.6) is 0 Å². The number of aliphatic hydroxyl groups is 4. The third kappa shape index (κ3) is 14.3. The summed E-state index contributed by atoms with van der Waals surface area (Å²) in [5.74, 6) is 2.11. The molecule has 1 aliphatic carbocycles. The normalized spacial score (nSPS) is 25.4. The zero-order valence-electron chi connectivity index (χ0n) is 22.5. The Morgan fingerprint density at radius 3 is 2.03 bits per heavy atom. The summed E-state index contributed by atoms with van der Waals surface area (Å²) in [7, 11) is 3.66. The van der Waals surface area contributed by atoms with E-state index in [1.165, 1.54) is 19.3 Å². The van der Waals surface area contributed by atoms with Gasteiger partial charge in [-0.2, -0.15) is 0 Å². The maximum Gasteiger partial charge on any atom is 0.222 e. The van der Waals surface area contributed by atoms with Gasteiger partial charge in [0.1, 0.15) is 24.4 Å². The molecular weight excluding hydrogens is 552 g/mol. The molecule has 1 amide bonds. The molecule has 2 aliphatic rings. The average molecular weight is 599 g/mol. The Morgan fingerprint density at radius 2 is 1.44 bits per heavy atom. The second-order valence-corrected chi connectivity index (χ2v) is 12.1. The number of aliphatic hydroxyl groups excluding tert-OH is 4. The molecule has 39 heavy (non-hydrogen) atoms. The van der Waals surface area contributed by atoms with E-state index in [2.05, 4.69) is 5.32 Å². The molecule has 12 nitrogen and oxygen atoms in total. The highest BCUT2D eigenvalue weighted by Crippen LogP contribution is 2.29. The maximum absolute atomic E-state index is 12.0. The van der Waals surface area contributed by atoms with Crippen LogP contribution in [0.1, 0.15) is 38.5 Å². The second-order valence-electron chi connectivity index (χ2n) is 9.42. The van der Waals surface area contributed by atoms with Crippen LogP contribution in [0.25, 0.3) is 0 Å². The summed E-state index contributed by atoms with van der Waals surface area (Å²) in [6.45, 7) is 2.79. The van der Waals surface area contributed by atoms with E-state index < -0.39 is 43.2 Å². The highest BCUT2D eigenvalue weighted by Gasteiger charge is 2.44. The minimum atomic E-state index is -1.55. The van der Waals surface area contributed by atoms with E-state index in [1.807, 2.05) is 21.6 Å². The lowest BCUT2D eigenvalue weighted by Gasteiger charge is -2.40. The summed E-state index contributed by atoms with van der Waals surface area (Å²) in [4.78, 5) is 12.0. The lowest BCUT2D eigenvalue weighted by molar-refractivity contribution is -0.253. The largest absolute Gasteiger partial charge is 0.394 e. The first-order valence-corrected chi connectivity index (χ1v) is 16.2. The zero-order chi connectivity index (χ0) is 28.3. The fraction of sp³-hybridized carbons (Fsp3) is 0.920. The Morgan fingerprint density at radius 1 is 0.846 bits per heavy atom. The predicted molar refractivity (Wildman–Crippen MR) is 149 cm³/mol. The van der Waals surface area contributed by atoms with Gasteiger partial charge in [-0.25, -0.2) is 0 Å². The van der Waals surface area contributed by atoms with E-state index in [4.69, 9.17) is 34.2 Å². The van der Waals surface area contributed by atoms with E-state index in [0.717, 1.165) is 30.1 Å². The molecule has 2 rings (SSSR count). The Balaban J connectivity index is 1.28. The number of amides is 1. The van der Waals surface area contributed by atoms with Crippen molar-refractivity contribution in [3.8, 4) is 0 Å². The molecule has 0 radical (unpaired) electrons. The van der Waals surface area contributed by atoms with Crippen molar-refractivity contribution in [2.24, 2.45) is 5.92 Å². The summed E-state index contributed by atoms with van der Waals surface area (Å²) < 4.78 is 26.8. The van der Waals surface area contributed by atoms with Gasteiger partial charge in [-0.05, 0) is 31.6 Å². The number of rotatable bonds is 23. The van der Waals surface area contributed by atoms with Gasteiger partial charge in [0.15, 0.2) is 6.29 Å². The second kappa shape index (κ2) is 21.2. The van der Waals surface area contributed by atoms with Crippen LogP contribution in [0.15, 0.2) is 0 Å². The zero-order valence-corrected chi connectivity index (χ0v) is 24.2. The van der Waals surface area contributed by atoms with Crippen molar-refractivity contribution < 1.29 is 48.9 Å². The van der Waals surface area contributed by atoms with Crippen molar-refractivity contribution in [1.29, 1.82) is 5.41 Å². The summed E-state index contributed by atoms with van der Waals surface area (Å²) >= 11 is 0. The summed E-state index contributed by atoms with van der Waals surface area (Å²) in [6, 6.07) is -1.21. The monoisotopic (exact) mass is 598 g/mol. The van der Waals surface area contributed by atoms with Gasteiger partial charge >= 0.3 is 0 Å². The molecule has 1 heterocycles. The number of nitrogens with one attached hydrogen (secondary N) is 2. The Labute approximate surface area is 238 Å². The molecule has 0 bridgehead atoms. The molecule has 6 N–H and O–H groups in total. The van der Waals surface area contributed by atoms with E-state index in [0.29, 0.717) is 52.2 Å². The summed E-state index contributed by atoms with van der Waals surface area (Å²) in [5, 5.41) is 49.3. The van der Waals surface area contributed by atoms with Crippen LogP contribution in [-0.4, -0.2) is 134 Å². The van der Waals surface area contributed by atoms with Gasteiger partial charge in [-0.15, -0.1) is 0 Å². The van der Waals surface area contributed by atoms with Crippen molar-refractivity contribution in [2.75, 3.05) is 71.0 Å². The van der Waals surface area contributed by atoms with Gasteiger partial charge in [0.05, 0.1) is 59.5 Å². The fourth-order valence-corrected chi connectivity index (χ4v) is 5.88. The quantitative estimate of drug-likeness (QED) is 0.0540. The van der Waals surface area contributed by atoms with Crippen LogP contribution < -0.4 is 5.32 Å². The molecule has 5 unspecified atom stereocenters. The van der Waals surface area contributed by atoms with Gasteiger partial charge in [-0.3, -0.25) is 4.79 Å². The van der Waals surface area contributed by atoms with E-state index in [-0.39, 0.29) is 13.0 Å². The standard InChI is InChI=1S/C25H46N2O10S2/c26-19(18-3-1-4-18)5-2-15-38-39-16-14-36-13-12-35-11-10-34-9-8-33-7-6-21(29)27-22-24(31)23(30)20(17-28)37-25(22)32/h18,20,22-26,28,30-32H,1-17H2,(H,27,29). The number of ether oxygens (including phenoxy) is 5. The highest BCUT2D eigenvalue weighted by molar-refractivity contribution is 8.76. The number of hydrogen-bond acceptors (Lipinski definition) is 13. The van der Waals surface area contributed by atoms with Crippen molar-refractivity contribution in [3.63, 3.8) is 0 Å². The van der Waals surface area contributed by atoms with Gasteiger partial charge in [0.2, 0.25) is 5.91 Å². The van der Waals surface area contributed by atoms with Crippen molar-refractivity contribution in [2.45, 2.75) is 69.2 Å². The topological polar surface area (TPSA) is 180 Å². The summed E-state index contributed by atoms with van der Waals surface area (Å²) in [6.07, 6.45) is 0.171. The van der Waals surface area contributed by atoms with Gasteiger partial charge in [0.25, 0.3) is 0 Å². The van der Waals surface area contributed by atoms with Crippen LogP contribution in [0, 0.1) is 11.3 Å². The van der Waals surface area contributed by atoms with Crippen LogP contribution in [0.3, 0.4) is 0 Å². The van der Waals surface area contributed by atoms with Crippen LogP contribution in [-0.2, 0) is 28.5 Å². The van der Waals surface area contributed by atoms with Crippen molar-refractivity contribution >= 4 is 33.2 Å². The van der Waals surface area contributed by atoms with Crippen molar-refractivity contribution in [3.05, 3.63) is 0 Å². The minimum absolute atomic E-state index is 0.0122. The van der Waals surface area contributed by atoms with Crippen molar-refractivity contribution in [1.82, 2.24) is 5.32 Å². The minimum Gasteiger partial charge on any atom is -0.394 e. The first-order chi connectivity index (χ1) is 18.9. The molecule has 1 aliphatic heterocycles. The van der Waals surface area contributed by atoms with Crippen LogP contribution >= 0.6 is 21.6 Å². The Hall–Kier alpha value is -0.520. The van der Waals surface area contributed by atoms with E-state index in [1.54, 1.807) is 0 Å². The van der Waals surface area contributed by atoms with Gasteiger partial charge < -0.3 is 54.8 Å². The first kappa shape index (κ1) is 34.7. The molecular formula is C25H46N2O10S2. The highest BCUT2D eigenvalue weighted by atomic mass is 33.1. The van der Waals surface area contributed by atoms with Crippen LogP contribution in [0.2, 0.25) is 0 Å². The molecule has 14 heteroatoms. The molecule has 1 saturated heterocycles. The molecule has 0 aromatic carbocycles. The number of hydrogen-bond donors (Lipinski definition) is 6. The number of carbonyl (C=O) groups excluding carboxylic acids is 1. The Kier molecular flexibility index (Phi) is 18.9. The molecule has 2 fully saturated rings. The van der Waals surface area contributed by atoms with Crippen LogP contribution in [0.4, 0.5) is 0 Å². The third-order valence-corrected chi connectivity index (χ3v) is 8.94. The molecule has 0 aromatic rings. The third-order valence-electron chi connectivity index (χ3n) is 6.48.